The Kier molecular flexibility index (Phi) is 5.94. The van der Waals surface area contributed by atoms with Gasteiger partial charge >= 0.3 is 5.97 Å². The molecule has 3 rings (SSSR count). The van der Waals surface area contributed by atoms with Crippen molar-refractivity contribution in [1.82, 2.24) is 0 Å². The molecule has 0 unspecified atom stereocenters. The molecule has 0 saturated heterocycles. The van der Waals surface area contributed by atoms with E-state index in [1.54, 1.807) is 30.3 Å². The van der Waals surface area contributed by atoms with Crippen molar-refractivity contribution in [1.29, 1.82) is 0 Å². The van der Waals surface area contributed by atoms with Crippen LogP contribution in [0.5, 0.6) is 5.75 Å². The first-order valence-electron chi connectivity index (χ1n) is 8.25. The molecule has 0 amide bonds. The van der Waals surface area contributed by atoms with Gasteiger partial charge in [-0.05, 0) is 42.0 Å². The molecule has 2 N–H and O–H groups in total. The zero-order chi connectivity index (χ0) is 19.2. The van der Waals surface area contributed by atoms with E-state index in [4.69, 9.17) is 21.4 Å². The van der Waals surface area contributed by atoms with E-state index in [0.717, 1.165) is 5.56 Å². The first-order chi connectivity index (χ1) is 13.0. The van der Waals surface area contributed by atoms with Gasteiger partial charge in [0.15, 0.2) is 0 Å². The van der Waals surface area contributed by atoms with Gasteiger partial charge in [0.2, 0.25) is 0 Å². The number of ether oxygens (including phenoxy) is 1. The van der Waals surface area contributed by atoms with Crippen molar-refractivity contribution in [3.63, 3.8) is 0 Å². The fraction of sp³-hybridized carbons (Fsp3) is 0.0952. The molecule has 0 spiro atoms. The van der Waals surface area contributed by atoms with Crippen LogP contribution in [0.1, 0.15) is 21.5 Å². The Bertz CT molecular complexity index is 962. The number of anilines is 1. The maximum atomic E-state index is 13.7. The maximum Gasteiger partial charge on any atom is 0.335 e. The summed E-state index contributed by atoms with van der Waals surface area (Å²) in [6.07, 6.45) is 0. The summed E-state index contributed by atoms with van der Waals surface area (Å²) in [4.78, 5) is 11.1. The van der Waals surface area contributed by atoms with Crippen molar-refractivity contribution in [2.24, 2.45) is 0 Å². The van der Waals surface area contributed by atoms with Crippen LogP contribution in [0, 0.1) is 5.82 Å². The molecule has 3 aromatic carbocycles. The van der Waals surface area contributed by atoms with E-state index >= 15 is 0 Å². The van der Waals surface area contributed by atoms with Crippen molar-refractivity contribution in [3.05, 3.63) is 94.3 Å². The van der Waals surface area contributed by atoms with Gasteiger partial charge in [0.05, 0.1) is 16.3 Å². The molecule has 0 fully saturated rings. The molecule has 0 heterocycles. The van der Waals surface area contributed by atoms with Gasteiger partial charge < -0.3 is 15.2 Å². The summed E-state index contributed by atoms with van der Waals surface area (Å²) in [5.41, 5.74) is 2.09. The summed E-state index contributed by atoms with van der Waals surface area (Å²) in [5, 5.41) is 12.6. The standard InChI is InChI=1S/C21H17ClFNO3/c22-18-9-8-15(21(25)26)11-20(18)24-12-14-4-3-6-17(10-14)27-13-16-5-1-2-7-19(16)23/h1-11,24H,12-13H2,(H,25,26). The molecule has 0 aliphatic rings. The number of hydrogen-bond acceptors (Lipinski definition) is 3. The fourth-order valence-corrected chi connectivity index (χ4v) is 2.70. The average molecular weight is 386 g/mol. The summed E-state index contributed by atoms with van der Waals surface area (Å²) >= 11 is 6.12. The van der Waals surface area contributed by atoms with Gasteiger partial charge in [0.25, 0.3) is 0 Å². The first kappa shape index (κ1) is 18.7. The number of carbonyl (C=O) groups is 1. The van der Waals surface area contributed by atoms with Gasteiger partial charge in [0.1, 0.15) is 18.2 Å². The molecule has 0 bridgehead atoms. The van der Waals surface area contributed by atoms with E-state index in [1.165, 1.54) is 18.2 Å². The topological polar surface area (TPSA) is 58.6 Å². The molecular weight excluding hydrogens is 369 g/mol. The van der Waals surface area contributed by atoms with E-state index in [-0.39, 0.29) is 18.0 Å². The Morgan fingerprint density at radius 1 is 1.07 bits per heavy atom. The third-order valence-corrected chi connectivity index (χ3v) is 4.28. The zero-order valence-corrected chi connectivity index (χ0v) is 15.0. The summed E-state index contributed by atoms with van der Waals surface area (Å²) < 4.78 is 19.3. The number of halogens is 2. The van der Waals surface area contributed by atoms with Crippen LogP contribution in [-0.2, 0) is 13.2 Å². The van der Waals surface area contributed by atoms with E-state index in [1.807, 2.05) is 18.2 Å². The van der Waals surface area contributed by atoms with Gasteiger partial charge in [0, 0.05) is 12.1 Å². The normalized spacial score (nSPS) is 10.4. The van der Waals surface area contributed by atoms with E-state index in [9.17, 15) is 9.18 Å². The van der Waals surface area contributed by atoms with Crippen LogP contribution < -0.4 is 10.1 Å². The lowest BCUT2D eigenvalue weighted by molar-refractivity contribution is 0.0697. The van der Waals surface area contributed by atoms with Crippen molar-refractivity contribution in [2.45, 2.75) is 13.2 Å². The minimum Gasteiger partial charge on any atom is -0.489 e. The van der Waals surface area contributed by atoms with Crippen LogP contribution in [0.4, 0.5) is 10.1 Å². The number of benzene rings is 3. The van der Waals surface area contributed by atoms with Crippen molar-refractivity contribution < 1.29 is 19.0 Å². The van der Waals surface area contributed by atoms with Crippen LogP contribution in [0.3, 0.4) is 0 Å². The first-order valence-corrected chi connectivity index (χ1v) is 8.62. The lowest BCUT2D eigenvalue weighted by atomic mass is 10.1. The van der Waals surface area contributed by atoms with E-state index in [0.29, 0.717) is 28.6 Å². The molecule has 0 radical (unpaired) electrons. The van der Waals surface area contributed by atoms with Gasteiger partial charge in [-0.2, -0.15) is 0 Å². The highest BCUT2D eigenvalue weighted by Crippen LogP contribution is 2.24. The summed E-state index contributed by atoms with van der Waals surface area (Å²) in [6.45, 7) is 0.565. The third kappa shape index (κ3) is 4.99. The van der Waals surface area contributed by atoms with Crippen LogP contribution >= 0.6 is 11.6 Å². The Morgan fingerprint density at radius 3 is 2.67 bits per heavy atom. The van der Waals surface area contributed by atoms with Crippen LogP contribution in [-0.4, -0.2) is 11.1 Å². The molecular formula is C21H17ClFNO3. The second kappa shape index (κ2) is 8.56. The lowest BCUT2D eigenvalue weighted by Gasteiger charge is -2.11. The number of carboxylic acid groups (broad SMARTS) is 1. The van der Waals surface area contributed by atoms with Crippen LogP contribution in [0.25, 0.3) is 0 Å². The molecule has 0 aliphatic heterocycles. The molecule has 0 saturated carbocycles. The van der Waals surface area contributed by atoms with E-state index < -0.39 is 5.97 Å². The summed E-state index contributed by atoms with van der Waals surface area (Å²) in [6, 6.07) is 18.3. The average Bonchev–Trinajstić information content (AvgIpc) is 2.67. The monoisotopic (exact) mass is 385 g/mol. The van der Waals surface area contributed by atoms with Gasteiger partial charge in [-0.25, -0.2) is 9.18 Å². The van der Waals surface area contributed by atoms with Gasteiger partial charge in [-0.3, -0.25) is 0 Å². The fourth-order valence-electron chi connectivity index (χ4n) is 2.51. The van der Waals surface area contributed by atoms with Crippen LogP contribution in [0.15, 0.2) is 66.7 Å². The van der Waals surface area contributed by atoms with Crippen molar-refractivity contribution >= 4 is 23.3 Å². The molecule has 0 aliphatic carbocycles. The predicted molar refractivity (Wildman–Crippen MR) is 103 cm³/mol. The number of aromatic carboxylic acids is 1. The van der Waals surface area contributed by atoms with Crippen molar-refractivity contribution in [3.8, 4) is 5.75 Å². The highest BCUT2D eigenvalue weighted by Gasteiger charge is 2.08. The number of nitrogens with one attached hydrogen (secondary N) is 1. The molecule has 138 valence electrons. The van der Waals surface area contributed by atoms with Gasteiger partial charge in [-0.1, -0.05) is 41.9 Å². The molecule has 0 aromatic heterocycles. The largest absolute Gasteiger partial charge is 0.489 e. The highest BCUT2D eigenvalue weighted by atomic mass is 35.5. The maximum absolute atomic E-state index is 13.7. The van der Waals surface area contributed by atoms with Gasteiger partial charge in [-0.15, -0.1) is 0 Å². The molecule has 0 atom stereocenters. The lowest BCUT2D eigenvalue weighted by Crippen LogP contribution is -2.03. The molecule has 27 heavy (non-hydrogen) atoms. The summed E-state index contributed by atoms with van der Waals surface area (Å²) in [5.74, 6) is -0.704. The minimum absolute atomic E-state index is 0.135. The molecule has 4 nitrogen and oxygen atoms in total. The predicted octanol–water partition coefficient (Wildman–Crippen LogP) is 5.37. The second-order valence-corrected chi connectivity index (χ2v) is 6.29. The highest BCUT2D eigenvalue weighted by molar-refractivity contribution is 6.33. The number of hydrogen-bond donors (Lipinski definition) is 2. The molecule has 3 aromatic rings. The van der Waals surface area contributed by atoms with E-state index in [2.05, 4.69) is 5.32 Å². The Hall–Kier alpha value is -3.05. The summed E-state index contributed by atoms with van der Waals surface area (Å²) in [7, 11) is 0. The second-order valence-electron chi connectivity index (χ2n) is 5.88. The smallest absolute Gasteiger partial charge is 0.335 e. The Labute approximate surface area is 161 Å². The number of carboxylic acids is 1. The molecule has 6 heteroatoms. The van der Waals surface area contributed by atoms with Crippen LogP contribution in [0.2, 0.25) is 5.02 Å². The SMILES string of the molecule is O=C(O)c1ccc(Cl)c(NCc2cccc(OCc3ccccc3F)c2)c1. The third-order valence-electron chi connectivity index (χ3n) is 3.95. The Morgan fingerprint density at radius 2 is 1.89 bits per heavy atom. The van der Waals surface area contributed by atoms with Crippen molar-refractivity contribution in [2.75, 3.05) is 5.32 Å². The number of rotatable bonds is 7. The Balaban J connectivity index is 1.65. The quantitative estimate of drug-likeness (QED) is 0.574. The zero-order valence-electron chi connectivity index (χ0n) is 14.3. The minimum atomic E-state index is -1.02.